The molecule has 0 radical (unpaired) electrons. The third-order valence-electron chi connectivity index (χ3n) is 9.08. The largest absolute Gasteiger partial charge is 0.310 e. The van der Waals surface area contributed by atoms with E-state index in [-0.39, 0.29) is 0 Å². The minimum Gasteiger partial charge on any atom is -0.310 e. The van der Waals surface area contributed by atoms with E-state index in [0.29, 0.717) is 0 Å². The van der Waals surface area contributed by atoms with Crippen LogP contribution < -0.4 is 4.90 Å². The highest BCUT2D eigenvalue weighted by atomic mass is 15.1. The van der Waals surface area contributed by atoms with Gasteiger partial charge in [0, 0.05) is 17.1 Å². The van der Waals surface area contributed by atoms with Gasteiger partial charge in [0.1, 0.15) is 0 Å². The van der Waals surface area contributed by atoms with Gasteiger partial charge in [-0.05, 0) is 132 Å². The summed E-state index contributed by atoms with van der Waals surface area (Å²) < 4.78 is 0. The molecule has 6 aromatic carbocycles. The summed E-state index contributed by atoms with van der Waals surface area (Å²) in [5, 5.41) is 5.14. The molecule has 0 fully saturated rings. The van der Waals surface area contributed by atoms with Crippen molar-refractivity contribution in [1.82, 2.24) is 0 Å². The molecule has 45 heavy (non-hydrogen) atoms. The first kappa shape index (κ1) is 30.4. The van der Waals surface area contributed by atoms with Gasteiger partial charge in [-0.3, -0.25) is 0 Å². The van der Waals surface area contributed by atoms with Crippen LogP contribution in [0.3, 0.4) is 0 Å². The van der Waals surface area contributed by atoms with Crippen molar-refractivity contribution in [3.63, 3.8) is 0 Å². The number of benzene rings is 6. The lowest BCUT2D eigenvalue weighted by atomic mass is 9.87. The standard InChI is InChI=1S/C44H45N/c1-7-11-41(38-19-17-34-13-9-10-14-35(34)27-38)42(12-8-2)39-20-18-37-29-40(22-21-36(37)28-39)45(43-23-15-30(3)25-32(43)5)44-24-16-31(4)26-33(44)6/h9-10,13-29H,7-8,11-12H2,1-6H3/b42-41+. The van der Waals surface area contributed by atoms with Gasteiger partial charge in [0.25, 0.3) is 0 Å². The number of nitrogens with zero attached hydrogens (tertiary/aromatic N) is 1. The quantitative estimate of drug-likeness (QED) is 0.152. The fraction of sp³-hybridized carbons (Fsp3) is 0.227. The van der Waals surface area contributed by atoms with Crippen molar-refractivity contribution in [3.05, 3.63) is 149 Å². The van der Waals surface area contributed by atoms with Gasteiger partial charge >= 0.3 is 0 Å². The maximum Gasteiger partial charge on any atom is 0.0491 e. The molecule has 226 valence electrons. The van der Waals surface area contributed by atoms with E-state index in [1.807, 2.05) is 0 Å². The van der Waals surface area contributed by atoms with Gasteiger partial charge in [-0.25, -0.2) is 0 Å². The van der Waals surface area contributed by atoms with Crippen LogP contribution in [0.15, 0.2) is 115 Å². The van der Waals surface area contributed by atoms with Crippen LogP contribution in [-0.2, 0) is 0 Å². The predicted molar refractivity (Wildman–Crippen MR) is 198 cm³/mol. The molecule has 0 unspecified atom stereocenters. The molecular formula is C44H45N. The average Bonchev–Trinajstić information content (AvgIpc) is 3.04. The maximum atomic E-state index is 2.43. The monoisotopic (exact) mass is 587 g/mol. The van der Waals surface area contributed by atoms with Crippen LogP contribution in [0, 0.1) is 27.7 Å². The molecule has 0 heterocycles. The van der Waals surface area contributed by atoms with Gasteiger partial charge in [-0.1, -0.05) is 117 Å². The molecular weight excluding hydrogens is 542 g/mol. The lowest BCUT2D eigenvalue weighted by Gasteiger charge is -2.29. The molecule has 6 rings (SSSR count). The van der Waals surface area contributed by atoms with Crippen molar-refractivity contribution in [2.45, 2.75) is 67.2 Å². The lowest BCUT2D eigenvalue weighted by Crippen LogP contribution is -2.13. The van der Waals surface area contributed by atoms with E-state index in [9.17, 15) is 0 Å². The first-order chi connectivity index (χ1) is 21.9. The number of anilines is 3. The summed E-state index contributed by atoms with van der Waals surface area (Å²) in [6, 6.07) is 43.3. The van der Waals surface area contributed by atoms with Crippen molar-refractivity contribution in [1.29, 1.82) is 0 Å². The number of rotatable bonds is 9. The van der Waals surface area contributed by atoms with E-state index in [2.05, 4.69) is 162 Å². The van der Waals surface area contributed by atoms with Crippen molar-refractivity contribution in [3.8, 4) is 0 Å². The minimum atomic E-state index is 1.07. The van der Waals surface area contributed by atoms with Crippen LogP contribution in [-0.4, -0.2) is 0 Å². The summed E-state index contributed by atoms with van der Waals surface area (Å²) >= 11 is 0. The second kappa shape index (κ2) is 13.2. The Labute approximate surface area is 269 Å². The molecule has 0 saturated heterocycles. The Morgan fingerprint density at radius 3 is 1.47 bits per heavy atom. The van der Waals surface area contributed by atoms with E-state index in [1.165, 1.54) is 83.1 Å². The number of hydrogen-bond donors (Lipinski definition) is 0. The van der Waals surface area contributed by atoms with Crippen molar-refractivity contribution >= 4 is 49.8 Å². The Morgan fingerprint density at radius 2 is 0.933 bits per heavy atom. The van der Waals surface area contributed by atoms with E-state index >= 15 is 0 Å². The third-order valence-corrected chi connectivity index (χ3v) is 9.08. The summed E-state index contributed by atoms with van der Waals surface area (Å²) in [5.41, 5.74) is 14.4. The molecule has 0 aliphatic rings. The van der Waals surface area contributed by atoms with Gasteiger partial charge in [0.2, 0.25) is 0 Å². The Kier molecular flexibility index (Phi) is 8.90. The second-order valence-corrected chi connectivity index (χ2v) is 12.7. The molecule has 0 N–H and O–H groups in total. The highest BCUT2D eigenvalue weighted by Crippen LogP contribution is 2.41. The molecule has 0 aromatic heterocycles. The molecule has 0 spiro atoms. The number of hydrogen-bond acceptors (Lipinski definition) is 1. The number of fused-ring (bicyclic) bond motifs is 2. The molecule has 0 saturated carbocycles. The summed E-state index contributed by atoms with van der Waals surface area (Å²) in [4.78, 5) is 2.43. The topological polar surface area (TPSA) is 3.24 Å². The maximum absolute atomic E-state index is 2.43. The Balaban J connectivity index is 1.47. The molecule has 1 heteroatoms. The summed E-state index contributed by atoms with van der Waals surface area (Å²) in [6.07, 6.45) is 4.39. The molecule has 0 atom stereocenters. The first-order valence-corrected chi connectivity index (χ1v) is 16.6. The SMILES string of the molecule is CCC/C(=C(/CCC)c1ccc2cc(N(c3ccc(C)cc3C)c3ccc(C)cc3C)ccc2c1)c1ccc2ccccc2c1. The normalized spacial score (nSPS) is 12.0. The smallest absolute Gasteiger partial charge is 0.0491 e. The highest BCUT2D eigenvalue weighted by molar-refractivity contribution is 5.98. The van der Waals surface area contributed by atoms with E-state index < -0.39 is 0 Å². The van der Waals surface area contributed by atoms with E-state index in [4.69, 9.17) is 0 Å². The minimum absolute atomic E-state index is 1.07. The van der Waals surface area contributed by atoms with E-state index in [1.54, 1.807) is 0 Å². The third kappa shape index (κ3) is 6.31. The van der Waals surface area contributed by atoms with Crippen LogP contribution in [0.25, 0.3) is 32.7 Å². The van der Waals surface area contributed by atoms with Crippen molar-refractivity contribution < 1.29 is 0 Å². The zero-order valence-corrected chi connectivity index (χ0v) is 27.7. The highest BCUT2D eigenvalue weighted by Gasteiger charge is 2.18. The molecule has 6 aromatic rings. The fourth-order valence-corrected chi connectivity index (χ4v) is 6.90. The lowest BCUT2D eigenvalue weighted by molar-refractivity contribution is 0.945. The number of allylic oxidation sites excluding steroid dienone is 2. The predicted octanol–water partition coefficient (Wildman–Crippen LogP) is 13.2. The Bertz CT molecular complexity index is 1970. The van der Waals surface area contributed by atoms with Crippen LogP contribution in [0.2, 0.25) is 0 Å². The molecule has 0 aliphatic heterocycles. The molecule has 0 bridgehead atoms. The van der Waals surface area contributed by atoms with Gasteiger partial charge in [-0.2, -0.15) is 0 Å². The van der Waals surface area contributed by atoms with Crippen LogP contribution in [0.5, 0.6) is 0 Å². The summed E-state index contributed by atoms with van der Waals surface area (Å²) in [5.74, 6) is 0. The Morgan fingerprint density at radius 1 is 0.467 bits per heavy atom. The van der Waals surface area contributed by atoms with Crippen LogP contribution in [0.4, 0.5) is 17.1 Å². The fourth-order valence-electron chi connectivity index (χ4n) is 6.90. The van der Waals surface area contributed by atoms with Crippen molar-refractivity contribution in [2.24, 2.45) is 0 Å². The van der Waals surface area contributed by atoms with Gasteiger partial charge in [0.15, 0.2) is 0 Å². The van der Waals surface area contributed by atoms with Gasteiger partial charge < -0.3 is 4.90 Å². The van der Waals surface area contributed by atoms with Gasteiger partial charge in [-0.15, -0.1) is 0 Å². The van der Waals surface area contributed by atoms with Crippen molar-refractivity contribution in [2.75, 3.05) is 4.90 Å². The van der Waals surface area contributed by atoms with Gasteiger partial charge in [0.05, 0.1) is 0 Å². The molecule has 0 amide bonds. The summed E-state index contributed by atoms with van der Waals surface area (Å²) in [6.45, 7) is 13.4. The Hall–Kier alpha value is -4.62. The zero-order valence-electron chi connectivity index (χ0n) is 27.7. The zero-order chi connectivity index (χ0) is 31.5. The van der Waals surface area contributed by atoms with Crippen LogP contribution in [0.1, 0.15) is 72.9 Å². The number of aryl methyl sites for hydroxylation is 4. The van der Waals surface area contributed by atoms with Crippen LogP contribution >= 0.6 is 0 Å². The summed E-state index contributed by atoms with van der Waals surface area (Å²) in [7, 11) is 0. The molecule has 0 aliphatic carbocycles. The van der Waals surface area contributed by atoms with E-state index in [0.717, 1.165) is 25.7 Å². The average molecular weight is 588 g/mol. The first-order valence-electron chi connectivity index (χ1n) is 16.6. The molecule has 1 nitrogen and oxygen atoms in total. The second-order valence-electron chi connectivity index (χ2n) is 12.7.